The van der Waals surface area contributed by atoms with Gasteiger partial charge in [0, 0.05) is 18.3 Å². The molecule has 18 heavy (non-hydrogen) atoms. The largest absolute Gasteiger partial charge is 0.489 e. The summed E-state index contributed by atoms with van der Waals surface area (Å²) >= 11 is 4.60. The zero-order valence-corrected chi connectivity index (χ0v) is 13.8. The molecule has 0 spiro atoms. The number of benzene rings is 2. The number of fused-ring (bicyclic) bond motifs is 3. The van der Waals surface area contributed by atoms with Gasteiger partial charge in [0.05, 0.1) is 0 Å². The number of hydrogen-bond donors (Lipinski definition) is 0. The molecule has 0 N–H and O–H groups in total. The van der Waals surface area contributed by atoms with Gasteiger partial charge in [-0.2, -0.15) is 0 Å². The van der Waals surface area contributed by atoms with Crippen LogP contribution in [-0.4, -0.2) is 13.2 Å². The van der Waals surface area contributed by atoms with Crippen molar-refractivity contribution in [2.24, 2.45) is 0 Å². The molecule has 0 saturated carbocycles. The van der Waals surface area contributed by atoms with Crippen molar-refractivity contribution in [2.45, 2.75) is 0 Å². The van der Waals surface area contributed by atoms with Crippen LogP contribution < -0.4 is 9.47 Å². The molecular weight excluding hydrogens is 454 g/mol. The zero-order chi connectivity index (χ0) is 12.5. The van der Waals surface area contributed by atoms with Crippen LogP contribution in [0.2, 0.25) is 0 Å². The predicted octanol–water partition coefficient (Wildman–Crippen LogP) is 4.33. The van der Waals surface area contributed by atoms with Crippen molar-refractivity contribution in [3.63, 3.8) is 0 Å². The molecule has 3 rings (SSSR count). The normalized spacial score (nSPS) is 13.4. The fourth-order valence-electron chi connectivity index (χ4n) is 1.98. The molecule has 0 bridgehead atoms. The van der Waals surface area contributed by atoms with Gasteiger partial charge in [-0.05, 0) is 81.6 Å². The Balaban J connectivity index is 2.22. The molecule has 92 valence electrons. The smallest absolute Gasteiger partial charge is 0.128 e. The van der Waals surface area contributed by atoms with Gasteiger partial charge in [-0.25, -0.2) is 0 Å². The highest BCUT2D eigenvalue weighted by Gasteiger charge is 2.15. The molecule has 0 amide bonds. The van der Waals surface area contributed by atoms with Gasteiger partial charge >= 0.3 is 0 Å². The third kappa shape index (κ3) is 2.45. The SMILES string of the molecule is Ic1ccc2c(c1)OCCOc1cc(I)ccc1-2. The first-order valence-corrected chi connectivity index (χ1v) is 7.75. The van der Waals surface area contributed by atoms with E-state index in [4.69, 9.17) is 9.47 Å². The second kappa shape index (κ2) is 5.24. The second-order valence-electron chi connectivity index (χ2n) is 3.98. The first-order valence-electron chi connectivity index (χ1n) is 5.59. The topological polar surface area (TPSA) is 18.5 Å². The van der Waals surface area contributed by atoms with E-state index in [2.05, 4.69) is 81.6 Å². The minimum Gasteiger partial charge on any atom is -0.489 e. The maximum atomic E-state index is 5.76. The molecule has 1 aliphatic heterocycles. The van der Waals surface area contributed by atoms with Gasteiger partial charge < -0.3 is 9.47 Å². The van der Waals surface area contributed by atoms with Crippen LogP contribution in [0.4, 0.5) is 0 Å². The third-order valence-electron chi connectivity index (χ3n) is 2.78. The first-order chi connectivity index (χ1) is 8.74. The Hall–Kier alpha value is -0.500. The molecule has 2 nitrogen and oxygen atoms in total. The lowest BCUT2D eigenvalue weighted by Gasteiger charge is -2.19. The first kappa shape index (κ1) is 12.5. The summed E-state index contributed by atoms with van der Waals surface area (Å²) in [6.45, 7) is 1.16. The summed E-state index contributed by atoms with van der Waals surface area (Å²) in [5.41, 5.74) is 2.20. The average Bonchev–Trinajstić information content (AvgIpc) is 2.33. The Bertz CT molecular complexity index is 543. The van der Waals surface area contributed by atoms with E-state index in [1.54, 1.807) is 0 Å². The lowest BCUT2D eigenvalue weighted by Crippen LogP contribution is -2.12. The van der Waals surface area contributed by atoms with Crippen LogP contribution in [0.15, 0.2) is 36.4 Å². The molecule has 4 heteroatoms. The lowest BCUT2D eigenvalue weighted by molar-refractivity contribution is 0.214. The Kier molecular flexibility index (Phi) is 3.65. The Morgan fingerprint density at radius 2 is 1.17 bits per heavy atom. The van der Waals surface area contributed by atoms with Gasteiger partial charge in [0.25, 0.3) is 0 Å². The third-order valence-corrected chi connectivity index (χ3v) is 4.12. The summed E-state index contributed by atoms with van der Waals surface area (Å²) in [6.07, 6.45) is 0. The van der Waals surface area contributed by atoms with Gasteiger partial charge in [-0.1, -0.05) is 0 Å². The fourth-order valence-corrected chi connectivity index (χ4v) is 2.90. The summed E-state index contributed by atoms with van der Waals surface area (Å²) in [5, 5.41) is 0. The Morgan fingerprint density at radius 3 is 1.61 bits per heavy atom. The Morgan fingerprint density at radius 1 is 0.722 bits per heavy atom. The van der Waals surface area contributed by atoms with Crippen molar-refractivity contribution < 1.29 is 9.47 Å². The molecule has 0 aliphatic carbocycles. The molecule has 1 aliphatic rings. The van der Waals surface area contributed by atoms with Gasteiger partial charge in [0.15, 0.2) is 0 Å². The highest BCUT2D eigenvalue weighted by atomic mass is 127. The van der Waals surface area contributed by atoms with Gasteiger partial charge in [-0.15, -0.1) is 0 Å². The molecule has 0 fully saturated rings. The van der Waals surface area contributed by atoms with Crippen molar-refractivity contribution in [3.8, 4) is 22.6 Å². The summed E-state index contributed by atoms with van der Waals surface area (Å²) in [6, 6.07) is 12.5. The van der Waals surface area contributed by atoms with Crippen LogP contribution in [0.5, 0.6) is 11.5 Å². The highest BCUT2D eigenvalue weighted by Crippen LogP contribution is 2.39. The molecule has 1 heterocycles. The minimum atomic E-state index is 0.581. The van der Waals surface area contributed by atoms with Crippen molar-refractivity contribution >= 4 is 45.2 Å². The number of rotatable bonds is 0. The average molecular weight is 464 g/mol. The monoisotopic (exact) mass is 464 g/mol. The fraction of sp³-hybridized carbons (Fsp3) is 0.143. The molecule has 0 unspecified atom stereocenters. The summed E-state index contributed by atoms with van der Waals surface area (Å²) < 4.78 is 13.9. The van der Waals surface area contributed by atoms with E-state index in [1.165, 1.54) is 7.14 Å². The quantitative estimate of drug-likeness (QED) is 0.541. The predicted molar refractivity (Wildman–Crippen MR) is 88.3 cm³/mol. The summed E-state index contributed by atoms with van der Waals surface area (Å²) in [5.74, 6) is 1.88. The molecule has 2 aromatic carbocycles. The van der Waals surface area contributed by atoms with Crippen LogP contribution in [-0.2, 0) is 0 Å². The maximum Gasteiger partial charge on any atom is 0.128 e. The lowest BCUT2D eigenvalue weighted by atomic mass is 10.0. The van der Waals surface area contributed by atoms with Gasteiger partial charge in [-0.3, -0.25) is 0 Å². The van der Waals surface area contributed by atoms with E-state index < -0.39 is 0 Å². The van der Waals surface area contributed by atoms with E-state index in [1.807, 2.05) is 0 Å². The summed E-state index contributed by atoms with van der Waals surface area (Å²) in [4.78, 5) is 0. The molecule has 0 radical (unpaired) electrons. The summed E-state index contributed by atoms with van der Waals surface area (Å²) in [7, 11) is 0. The van der Waals surface area contributed by atoms with Crippen molar-refractivity contribution in [2.75, 3.05) is 13.2 Å². The number of ether oxygens (including phenoxy) is 2. The number of hydrogen-bond acceptors (Lipinski definition) is 2. The Labute approximate surface area is 133 Å². The van der Waals surface area contributed by atoms with Crippen molar-refractivity contribution in [3.05, 3.63) is 43.5 Å². The molecule has 2 aromatic rings. The second-order valence-corrected chi connectivity index (χ2v) is 6.47. The van der Waals surface area contributed by atoms with E-state index in [9.17, 15) is 0 Å². The molecule has 0 saturated heterocycles. The highest BCUT2D eigenvalue weighted by molar-refractivity contribution is 14.1. The van der Waals surface area contributed by atoms with Crippen molar-refractivity contribution in [1.82, 2.24) is 0 Å². The molecular formula is C14H10I2O2. The van der Waals surface area contributed by atoms with E-state index in [-0.39, 0.29) is 0 Å². The van der Waals surface area contributed by atoms with E-state index >= 15 is 0 Å². The number of halogens is 2. The van der Waals surface area contributed by atoms with Gasteiger partial charge in [0.2, 0.25) is 0 Å². The minimum absolute atomic E-state index is 0.581. The zero-order valence-electron chi connectivity index (χ0n) is 9.45. The van der Waals surface area contributed by atoms with E-state index in [0.717, 1.165) is 22.6 Å². The van der Waals surface area contributed by atoms with E-state index in [0.29, 0.717) is 13.2 Å². The van der Waals surface area contributed by atoms with Crippen molar-refractivity contribution in [1.29, 1.82) is 0 Å². The molecule has 0 atom stereocenters. The van der Waals surface area contributed by atoms with Crippen LogP contribution in [0.25, 0.3) is 11.1 Å². The van der Waals surface area contributed by atoms with Crippen LogP contribution in [0.1, 0.15) is 0 Å². The van der Waals surface area contributed by atoms with Crippen LogP contribution in [0, 0.1) is 7.14 Å². The maximum absolute atomic E-state index is 5.76. The van der Waals surface area contributed by atoms with Gasteiger partial charge in [0.1, 0.15) is 24.7 Å². The standard InChI is InChI=1S/C14H10I2O2/c15-9-1-3-11-12-4-2-10(16)8-14(12)18-6-5-17-13(11)7-9/h1-4,7-8H,5-6H2. The van der Waals surface area contributed by atoms with Crippen LogP contribution >= 0.6 is 45.2 Å². The molecule has 0 aromatic heterocycles. The van der Waals surface area contributed by atoms with Crippen LogP contribution in [0.3, 0.4) is 0 Å².